The standard InChI is InChI=1S/C13H18F2N6.ClH/c1-19-6-4-17-12(19)11-8-16-3-7-20(11)9-10-2-5-21(18-10)13(14)15;/h2,4-6,11,13,16H,3,7-9H2,1H3;1H. The first kappa shape index (κ1) is 16.9. The van der Waals surface area contributed by atoms with E-state index in [-0.39, 0.29) is 18.4 Å². The van der Waals surface area contributed by atoms with Crippen LogP contribution in [0.15, 0.2) is 24.7 Å². The molecule has 1 saturated heterocycles. The molecule has 1 aliphatic heterocycles. The predicted octanol–water partition coefficient (Wildman–Crippen LogP) is 1.58. The first-order chi connectivity index (χ1) is 10.1. The van der Waals surface area contributed by atoms with E-state index in [0.29, 0.717) is 16.9 Å². The number of piperazine rings is 1. The van der Waals surface area contributed by atoms with E-state index in [4.69, 9.17) is 0 Å². The van der Waals surface area contributed by atoms with Crippen molar-refractivity contribution in [2.75, 3.05) is 19.6 Å². The minimum atomic E-state index is -2.59. The number of nitrogens with one attached hydrogen (secondary N) is 1. The topological polar surface area (TPSA) is 50.9 Å². The van der Waals surface area contributed by atoms with Gasteiger partial charge in [0.15, 0.2) is 0 Å². The van der Waals surface area contributed by atoms with E-state index in [1.807, 2.05) is 17.8 Å². The summed E-state index contributed by atoms with van der Waals surface area (Å²) >= 11 is 0. The Morgan fingerprint density at radius 2 is 2.23 bits per heavy atom. The van der Waals surface area contributed by atoms with Crippen molar-refractivity contribution >= 4 is 12.4 Å². The summed E-state index contributed by atoms with van der Waals surface area (Å²) in [5.41, 5.74) is 0.649. The molecule has 2 aromatic rings. The van der Waals surface area contributed by atoms with Gasteiger partial charge in [-0.3, -0.25) is 4.90 Å². The monoisotopic (exact) mass is 332 g/mol. The first-order valence-electron chi connectivity index (χ1n) is 6.89. The van der Waals surface area contributed by atoms with E-state index in [1.165, 1.54) is 6.20 Å². The van der Waals surface area contributed by atoms with Crippen molar-refractivity contribution in [3.05, 3.63) is 36.2 Å². The Morgan fingerprint density at radius 3 is 2.86 bits per heavy atom. The minimum absolute atomic E-state index is 0. The summed E-state index contributed by atoms with van der Waals surface area (Å²) in [6, 6.07) is 1.76. The molecule has 3 heterocycles. The lowest BCUT2D eigenvalue weighted by Crippen LogP contribution is -2.46. The van der Waals surface area contributed by atoms with Gasteiger partial charge in [0.25, 0.3) is 0 Å². The lowest BCUT2D eigenvalue weighted by molar-refractivity contribution is 0.0553. The summed E-state index contributed by atoms with van der Waals surface area (Å²) in [6.07, 6.45) is 5.00. The molecule has 0 aliphatic carbocycles. The zero-order chi connectivity index (χ0) is 14.8. The third kappa shape index (κ3) is 3.45. The molecule has 9 heteroatoms. The molecule has 0 aromatic carbocycles. The molecular formula is C13H19ClF2N6. The van der Waals surface area contributed by atoms with Crippen molar-refractivity contribution in [1.82, 2.24) is 29.5 Å². The van der Waals surface area contributed by atoms with Crippen molar-refractivity contribution in [1.29, 1.82) is 0 Å². The molecule has 1 aliphatic rings. The molecule has 22 heavy (non-hydrogen) atoms. The predicted molar refractivity (Wildman–Crippen MR) is 80.0 cm³/mol. The van der Waals surface area contributed by atoms with Crippen molar-refractivity contribution in [2.45, 2.75) is 19.1 Å². The van der Waals surface area contributed by atoms with E-state index in [2.05, 4.69) is 20.3 Å². The third-order valence-corrected chi connectivity index (χ3v) is 3.74. The molecule has 0 radical (unpaired) electrons. The Balaban J connectivity index is 0.00000176. The number of rotatable bonds is 4. The molecule has 2 aromatic heterocycles. The summed E-state index contributed by atoms with van der Waals surface area (Å²) in [4.78, 5) is 6.62. The minimum Gasteiger partial charge on any atom is -0.337 e. The molecule has 1 N–H and O–H groups in total. The van der Waals surface area contributed by atoms with Crippen LogP contribution in [0.4, 0.5) is 8.78 Å². The number of aryl methyl sites for hydroxylation is 1. The molecule has 3 rings (SSSR count). The number of alkyl halides is 2. The molecule has 1 atom stereocenters. The van der Waals surface area contributed by atoms with Crippen molar-refractivity contribution in [3.63, 3.8) is 0 Å². The average molecular weight is 333 g/mol. The molecule has 1 fully saturated rings. The van der Waals surface area contributed by atoms with Crippen molar-refractivity contribution in [2.24, 2.45) is 7.05 Å². The van der Waals surface area contributed by atoms with Gasteiger partial charge in [-0.05, 0) is 6.07 Å². The maximum Gasteiger partial charge on any atom is 0.333 e. The van der Waals surface area contributed by atoms with Gasteiger partial charge in [-0.1, -0.05) is 0 Å². The fraction of sp³-hybridized carbons (Fsp3) is 0.538. The maximum atomic E-state index is 12.6. The van der Waals surface area contributed by atoms with E-state index in [9.17, 15) is 8.78 Å². The molecule has 0 saturated carbocycles. The second-order valence-electron chi connectivity index (χ2n) is 5.15. The van der Waals surface area contributed by atoms with Crippen LogP contribution in [0.2, 0.25) is 0 Å². The molecular weight excluding hydrogens is 314 g/mol. The fourth-order valence-electron chi connectivity index (χ4n) is 2.67. The van der Waals surface area contributed by atoms with Gasteiger partial charge in [-0.2, -0.15) is 13.9 Å². The Labute approximate surface area is 133 Å². The van der Waals surface area contributed by atoms with Gasteiger partial charge in [0.05, 0.1) is 11.7 Å². The Bertz CT molecular complexity index is 599. The maximum absolute atomic E-state index is 12.6. The number of hydrogen-bond acceptors (Lipinski definition) is 4. The fourth-order valence-corrected chi connectivity index (χ4v) is 2.67. The van der Waals surface area contributed by atoms with Crippen molar-refractivity contribution in [3.8, 4) is 0 Å². The number of halogens is 3. The van der Waals surface area contributed by atoms with Crippen LogP contribution < -0.4 is 5.32 Å². The zero-order valence-electron chi connectivity index (χ0n) is 12.2. The van der Waals surface area contributed by atoms with E-state index >= 15 is 0 Å². The van der Waals surface area contributed by atoms with Crippen LogP contribution in [0.5, 0.6) is 0 Å². The van der Waals surface area contributed by atoms with Crippen LogP contribution >= 0.6 is 12.4 Å². The summed E-state index contributed by atoms with van der Waals surface area (Å²) in [7, 11) is 1.96. The SMILES string of the molecule is Cl.Cn1ccnc1C1CNCCN1Cc1ccn(C(F)F)n1. The summed E-state index contributed by atoms with van der Waals surface area (Å²) in [5, 5.41) is 7.27. The van der Waals surface area contributed by atoms with Crippen LogP contribution in [0.25, 0.3) is 0 Å². The lowest BCUT2D eigenvalue weighted by atomic mass is 10.1. The largest absolute Gasteiger partial charge is 0.337 e. The molecule has 1 unspecified atom stereocenters. The van der Waals surface area contributed by atoms with Gasteiger partial charge in [0.2, 0.25) is 0 Å². The summed E-state index contributed by atoms with van der Waals surface area (Å²) in [6.45, 7) is 0.446. The number of nitrogens with zero attached hydrogens (tertiary/aromatic N) is 5. The molecule has 6 nitrogen and oxygen atoms in total. The summed E-state index contributed by atoms with van der Waals surface area (Å²) in [5.74, 6) is 0.968. The molecule has 0 amide bonds. The summed E-state index contributed by atoms with van der Waals surface area (Å²) < 4.78 is 27.8. The van der Waals surface area contributed by atoms with Gasteiger partial charge in [-0.15, -0.1) is 12.4 Å². The lowest BCUT2D eigenvalue weighted by Gasteiger charge is -2.35. The van der Waals surface area contributed by atoms with Crippen LogP contribution in [0.3, 0.4) is 0 Å². The highest BCUT2D eigenvalue weighted by molar-refractivity contribution is 5.85. The van der Waals surface area contributed by atoms with Crippen LogP contribution in [-0.4, -0.2) is 43.9 Å². The van der Waals surface area contributed by atoms with Gasteiger partial charge in [-0.25, -0.2) is 9.67 Å². The van der Waals surface area contributed by atoms with Gasteiger partial charge in [0.1, 0.15) is 5.82 Å². The van der Waals surface area contributed by atoms with E-state index in [0.717, 1.165) is 25.5 Å². The highest BCUT2D eigenvalue weighted by Gasteiger charge is 2.27. The van der Waals surface area contributed by atoms with Crippen LogP contribution in [0, 0.1) is 0 Å². The number of hydrogen-bond donors (Lipinski definition) is 1. The first-order valence-corrected chi connectivity index (χ1v) is 6.89. The normalized spacial score (nSPS) is 19.4. The van der Waals surface area contributed by atoms with E-state index in [1.54, 1.807) is 12.3 Å². The second kappa shape index (κ2) is 7.17. The van der Waals surface area contributed by atoms with Crippen molar-refractivity contribution < 1.29 is 8.78 Å². The molecule has 0 spiro atoms. The Morgan fingerprint density at radius 1 is 1.41 bits per heavy atom. The third-order valence-electron chi connectivity index (χ3n) is 3.74. The highest BCUT2D eigenvalue weighted by atomic mass is 35.5. The van der Waals surface area contributed by atoms with Crippen LogP contribution in [-0.2, 0) is 13.6 Å². The quantitative estimate of drug-likeness (QED) is 0.923. The molecule has 122 valence electrons. The molecule has 0 bridgehead atoms. The highest BCUT2D eigenvalue weighted by Crippen LogP contribution is 2.22. The average Bonchev–Trinajstić information content (AvgIpc) is 3.09. The van der Waals surface area contributed by atoms with E-state index < -0.39 is 6.55 Å². The smallest absolute Gasteiger partial charge is 0.333 e. The number of imidazole rings is 1. The Kier molecular flexibility index (Phi) is 5.49. The second-order valence-corrected chi connectivity index (χ2v) is 5.15. The van der Waals surface area contributed by atoms with Gasteiger partial charge >= 0.3 is 6.55 Å². The van der Waals surface area contributed by atoms with Crippen LogP contribution in [0.1, 0.15) is 24.1 Å². The Hall–Kier alpha value is -1.51. The number of aromatic nitrogens is 4. The zero-order valence-corrected chi connectivity index (χ0v) is 13.0. The van der Waals surface area contributed by atoms with Gasteiger partial charge < -0.3 is 9.88 Å². The van der Waals surface area contributed by atoms with Gasteiger partial charge in [0, 0.05) is 51.8 Å².